The van der Waals surface area contributed by atoms with E-state index in [4.69, 9.17) is 4.74 Å². The number of aromatic nitrogens is 2. The maximum absolute atomic E-state index is 12.1. The van der Waals surface area contributed by atoms with Crippen molar-refractivity contribution in [3.05, 3.63) is 45.1 Å². The minimum Gasteiger partial charge on any atom is -0.461 e. The fraction of sp³-hybridized carbons (Fsp3) is 0.400. The number of allylic oxidation sites excluding steroid dienone is 1. The van der Waals surface area contributed by atoms with Crippen molar-refractivity contribution in [1.29, 1.82) is 0 Å². The largest absolute Gasteiger partial charge is 0.461 e. The van der Waals surface area contributed by atoms with E-state index in [0.717, 1.165) is 11.5 Å². The summed E-state index contributed by atoms with van der Waals surface area (Å²) in [5.41, 5.74) is 4.20. The number of aromatic amines is 1. The second-order valence-corrected chi connectivity index (χ2v) is 5.04. The summed E-state index contributed by atoms with van der Waals surface area (Å²) in [5.74, 6) is 0.233. The molecule has 118 valence electrons. The molecule has 7 nitrogen and oxygen atoms in total. The van der Waals surface area contributed by atoms with Crippen LogP contribution in [0.3, 0.4) is 0 Å². The summed E-state index contributed by atoms with van der Waals surface area (Å²) in [6.07, 6.45) is 3.47. The van der Waals surface area contributed by atoms with Crippen molar-refractivity contribution in [2.24, 2.45) is 7.05 Å². The Hall–Kier alpha value is -2.66. The number of aryl methyl sites for hydroxylation is 1. The predicted molar refractivity (Wildman–Crippen MR) is 82.8 cm³/mol. The van der Waals surface area contributed by atoms with Gasteiger partial charge in [0.1, 0.15) is 0 Å². The van der Waals surface area contributed by atoms with Gasteiger partial charge in [0.15, 0.2) is 11.5 Å². The average molecular weight is 304 g/mol. The van der Waals surface area contributed by atoms with Gasteiger partial charge in [-0.25, -0.2) is 4.79 Å². The Balaban J connectivity index is 2.48. The second-order valence-electron chi connectivity index (χ2n) is 5.04. The molecule has 0 spiro atoms. The molecule has 1 aromatic heterocycles. The van der Waals surface area contributed by atoms with Crippen LogP contribution >= 0.6 is 0 Å². The summed E-state index contributed by atoms with van der Waals surface area (Å²) in [6.45, 7) is 3.94. The summed E-state index contributed by atoms with van der Waals surface area (Å²) < 4.78 is 6.21. The smallest absolute Gasteiger partial charge is 0.357 e. The van der Waals surface area contributed by atoms with Crippen LogP contribution in [-0.2, 0) is 11.8 Å². The quantitative estimate of drug-likeness (QED) is 0.668. The van der Waals surface area contributed by atoms with E-state index < -0.39 is 5.97 Å². The zero-order valence-corrected chi connectivity index (χ0v) is 13.4. The standard InChI is InChI=1S/C15H20N4O3/c1-6-22-15(21)13-11(14(20)19(5)16-13)7-8-12-17(3)9-10(2)18(12)4/h7,9,16H,6H2,1-5H3. The third kappa shape index (κ3) is 2.71. The monoisotopic (exact) mass is 304 g/mol. The third-order valence-electron chi connectivity index (χ3n) is 3.47. The van der Waals surface area contributed by atoms with E-state index >= 15 is 0 Å². The molecule has 0 unspecified atom stereocenters. The summed E-state index contributed by atoms with van der Waals surface area (Å²) in [7, 11) is 5.35. The van der Waals surface area contributed by atoms with Gasteiger partial charge in [-0.2, -0.15) is 0 Å². The molecule has 0 atom stereocenters. The van der Waals surface area contributed by atoms with Crippen molar-refractivity contribution in [2.75, 3.05) is 20.7 Å². The van der Waals surface area contributed by atoms with Gasteiger partial charge in [-0.05, 0) is 19.9 Å². The molecule has 0 saturated heterocycles. The molecule has 0 saturated carbocycles. The van der Waals surface area contributed by atoms with Gasteiger partial charge < -0.3 is 14.5 Å². The van der Waals surface area contributed by atoms with Crippen molar-refractivity contribution >= 4 is 12.0 Å². The van der Waals surface area contributed by atoms with E-state index in [9.17, 15) is 9.59 Å². The summed E-state index contributed by atoms with van der Waals surface area (Å²) in [6, 6.07) is 0. The number of ether oxygens (including phenoxy) is 1. The van der Waals surface area contributed by atoms with Crippen molar-refractivity contribution in [2.45, 2.75) is 13.8 Å². The number of rotatable bonds is 3. The first-order chi connectivity index (χ1) is 10.4. The molecule has 2 heterocycles. The molecule has 1 aliphatic heterocycles. The average Bonchev–Trinajstić information content (AvgIpc) is 2.87. The molecule has 1 N–H and O–H groups in total. The Morgan fingerprint density at radius 3 is 2.64 bits per heavy atom. The van der Waals surface area contributed by atoms with Crippen molar-refractivity contribution in [3.8, 4) is 0 Å². The Kier molecular flexibility index (Phi) is 4.28. The lowest BCUT2D eigenvalue weighted by Crippen LogP contribution is -2.17. The van der Waals surface area contributed by atoms with Crippen molar-refractivity contribution in [3.63, 3.8) is 0 Å². The minimum atomic E-state index is -0.555. The van der Waals surface area contributed by atoms with E-state index in [1.807, 2.05) is 37.0 Å². The number of esters is 1. The summed E-state index contributed by atoms with van der Waals surface area (Å²) >= 11 is 0. The fourth-order valence-corrected chi connectivity index (χ4v) is 2.23. The number of hydrogen-bond donors (Lipinski definition) is 1. The van der Waals surface area contributed by atoms with Crippen LogP contribution in [0.15, 0.2) is 28.2 Å². The molecule has 1 aliphatic rings. The fourth-order valence-electron chi connectivity index (χ4n) is 2.23. The molecular weight excluding hydrogens is 284 g/mol. The van der Waals surface area contributed by atoms with Crippen LogP contribution in [0.5, 0.6) is 0 Å². The van der Waals surface area contributed by atoms with Crippen LogP contribution in [0.2, 0.25) is 0 Å². The number of carbonyl (C=O) groups is 1. The summed E-state index contributed by atoms with van der Waals surface area (Å²) in [4.78, 5) is 27.9. The van der Waals surface area contributed by atoms with E-state index in [1.54, 1.807) is 14.0 Å². The van der Waals surface area contributed by atoms with Crippen LogP contribution in [-0.4, -0.2) is 46.3 Å². The Bertz CT molecular complexity index is 747. The van der Waals surface area contributed by atoms with Crippen LogP contribution in [0.1, 0.15) is 29.9 Å². The van der Waals surface area contributed by atoms with E-state index in [0.29, 0.717) is 0 Å². The number of H-pyrrole nitrogens is 1. The van der Waals surface area contributed by atoms with Crippen LogP contribution < -0.4 is 5.56 Å². The molecule has 0 amide bonds. The number of nitrogens with one attached hydrogen (secondary N) is 1. The number of hydrogen-bond acceptors (Lipinski definition) is 5. The molecule has 7 heteroatoms. The lowest BCUT2D eigenvalue weighted by Gasteiger charge is -2.16. The zero-order chi connectivity index (χ0) is 16.4. The van der Waals surface area contributed by atoms with Gasteiger partial charge in [-0.1, -0.05) is 5.73 Å². The van der Waals surface area contributed by atoms with E-state index in [1.165, 1.54) is 10.8 Å². The SMILES string of the molecule is CCOC(=O)c1[nH]n(C)c(=O)c1C=C=C1N(C)C=C(C)N1C. The number of nitrogens with zero attached hydrogens (tertiary/aromatic N) is 3. The van der Waals surface area contributed by atoms with Crippen LogP contribution in [0, 0.1) is 0 Å². The van der Waals surface area contributed by atoms with Gasteiger partial charge in [0.05, 0.1) is 12.2 Å². The van der Waals surface area contributed by atoms with Gasteiger partial charge in [0.2, 0.25) is 0 Å². The first-order valence-electron chi connectivity index (χ1n) is 6.94. The molecule has 22 heavy (non-hydrogen) atoms. The lowest BCUT2D eigenvalue weighted by atomic mass is 10.2. The third-order valence-corrected chi connectivity index (χ3v) is 3.47. The molecule has 0 aliphatic carbocycles. The highest BCUT2D eigenvalue weighted by Gasteiger charge is 2.20. The molecule has 0 aromatic carbocycles. The Morgan fingerprint density at radius 1 is 1.41 bits per heavy atom. The van der Waals surface area contributed by atoms with E-state index in [2.05, 4.69) is 10.8 Å². The van der Waals surface area contributed by atoms with Crippen LogP contribution in [0.4, 0.5) is 0 Å². The highest BCUT2D eigenvalue weighted by atomic mass is 16.5. The number of carbonyl (C=O) groups excluding carboxylic acids is 1. The first-order valence-corrected chi connectivity index (χ1v) is 6.94. The van der Waals surface area contributed by atoms with Gasteiger partial charge >= 0.3 is 5.97 Å². The van der Waals surface area contributed by atoms with Gasteiger partial charge in [0, 0.05) is 33.0 Å². The predicted octanol–water partition coefficient (Wildman–Crippen LogP) is 1.08. The highest BCUT2D eigenvalue weighted by Crippen LogP contribution is 2.21. The maximum atomic E-state index is 12.1. The second kappa shape index (κ2) is 5.99. The van der Waals surface area contributed by atoms with Gasteiger partial charge in [-0.3, -0.25) is 14.6 Å². The van der Waals surface area contributed by atoms with Crippen molar-refractivity contribution < 1.29 is 9.53 Å². The Morgan fingerprint density at radius 2 is 2.09 bits per heavy atom. The Labute approximate surface area is 128 Å². The minimum absolute atomic E-state index is 0.135. The van der Waals surface area contributed by atoms with Gasteiger partial charge in [-0.15, -0.1) is 0 Å². The van der Waals surface area contributed by atoms with Crippen molar-refractivity contribution in [1.82, 2.24) is 19.6 Å². The molecule has 1 aromatic rings. The maximum Gasteiger partial charge on any atom is 0.357 e. The molecule has 0 radical (unpaired) electrons. The van der Waals surface area contributed by atoms with Gasteiger partial charge in [0.25, 0.3) is 5.56 Å². The molecule has 0 bridgehead atoms. The zero-order valence-electron chi connectivity index (χ0n) is 13.4. The topological polar surface area (TPSA) is 70.6 Å². The summed E-state index contributed by atoms with van der Waals surface area (Å²) in [5, 5.41) is 2.71. The van der Waals surface area contributed by atoms with Crippen LogP contribution in [0.25, 0.3) is 6.08 Å². The first kappa shape index (κ1) is 15.7. The molecule has 0 fully saturated rings. The highest BCUT2D eigenvalue weighted by molar-refractivity contribution is 5.91. The molecular formula is C15H20N4O3. The molecule has 2 rings (SSSR count). The normalized spacial score (nSPS) is 14.0. The van der Waals surface area contributed by atoms with E-state index in [-0.39, 0.29) is 23.4 Å². The lowest BCUT2D eigenvalue weighted by molar-refractivity contribution is 0.0518.